The molecule has 0 spiro atoms. The number of benzene rings is 1. The average molecular weight is 318 g/mol. The lowest BCUT2D eigenvalue weighted by molar-refractivity contribution is -0.137. The van der Waals surface area contributed by atoms with Gasteiger partial charge in [0.15, 0.2) is 5.78 Å². The lowest BCUT2D eigenvalue weighted by Crippen LogP contribution is -2.10. The molecule has 7 heteroatoms. The van der Waals surface area contributed by atoms with E-state index in [2.05, 4.69) is 4.98 Å². The molecule has 2 aromatic rings. The van der Waals surface area contributed by atoms with Crippen LogP contribution in [0.1, 0.15) is 21.6 Å². The largest absolute Gasteiger partial charge is 0.417 e. The molecule has 2 rings (SSSR count). The van der Waals surface area contributed by atoms with Crippen molar-refractivity contribution in [2.45, 2.75) is 12.6 Å². The molecule has 21 heavy (non-hydrogen) atoms. The molecule has 0 atom stereocenters. The second-order valence-electron chi connectivity index (χ2n) is 4.24. The number of pyridine rings is 1. The van der Waals surface area contributed by atoms with Crippen LogP contribution in [0.2, 0.25) is 5.02 Å². The summed E-state index contributed by atoms with van der Waals surface area (Å²) in [5.74, 6) is -1.32. The molecule has 0 amide bonds. The van der Waals surface area contributed by atoms with E-state index in [0.717, 1.165) is 12.1 Å². The summed E-state index contributed by atoms with van der Waals surface area (Å²) in [5.41, 5.74) is -1.05. The van der Waals surface area contributed by atoms with E-state index >= 15 is 0 Å². The third-order valence-corrected chi connectivity index (χ3v) is 3.05. The topological polar surface area (TPSA) is 30.0 Å². The van der Waals surface area contributed by atoms with E-state index in [1.54, 1.807) is 0 Å². The lowest BCUT2D eigenvalue weighted by atomic mass is 10.1. The van der Waals surface area contributed by atoms with E-state index < -0.39 is 23.3 Å². The zero-order valence-electron chi connectivity index (χ0n) is 10.4. The van der Waals surface area contributed by atoms with Crippen molar-refractivity contribution in [1.82, 2.24) is 4.98 Å². The number of hydrogen-bond donors (Lipinski definition) is 0. The van der Waals surface area contributed by atoms with Crippen LogP contribution < -0.4 is 0 Å². The molecule has 0 aliphatic carbocycles. The number of hydrogen-bond acceptors (Lipinski definition) is 2. The fraction of sp³-hybridized carbons (Fsp3) is 0.143. The van der Waals surface area contributed by atoms with Crippen molar-refractivity contribution in [3.05, 3.63) is 64.2 Å². The summed E-state index contributed by atoms with van der Waals surface area (Å²) in [7, 11) is 0. The zero-order valence-corrected chi connectivity index (χ0v) is 11.2. The second-order valence-corrected chi connectivity index (χ2v) is 4.65. The van der Waals surface area contributed by atoms with Crippen LogP contribution in [-0.2, 0) is 12.6 Å². The normalized spacial score (nSPS) is 11.5. The molecule has 1 aromatic carbocycles. The Bertz CT molecular complexity index is 668. The average Bonchev–Trinajstić information content (AvgIpc) is 2.43. The van der Waals surface area contributed by atoms with Crippen molar-refractivity contribution in [2.24, 2.45) is 0 Å². The summed E-state index contributed by atoms with van der Waals surface area (Å²) in [6.07, 6.45) is -4.28. The smallest absolute Gasteiger partial charge is 0.292 e. The van der Waals surface area contributed by atoms with E-state index in [1.807, 2.05) is 0 Å². The number of nitrogens with zero attached hydrogens (tertiary/aromatic N) is 1. The van der Waals surface area contributed by atoms with Crippen molar-refractivity contribution in [2.75, 3.05) is 0 Å². The van der Waals surface area contributed by atoms with E-state index in [9.17, 15) is 22.4 Å². The predicted molar refractivity (Wildman–Crippen MR) is 68.7 cm³/mol. The van der Waals surface area contributed by atoms with Gasteiger partial charge in [0.25, 0.3) is 0 Å². The molecule has 2 nitrogen and oxygen atoms in total. The highest BCUT2D eigenvalue weighted by Crippen LogP contribution is 2.28. The highest BCUT2D eigenvalue weighted by molar-refractivity contribution is 6.30. The molecule has 0 unspecified atom stereocenters. The number of ketones is 1. The number of carbonyl (C=O) groups is 1. The molecular formula is C14H8ClF4NO. The highest BCUT2D eigenvalue weighted by atomic mass is 35.5. The van der Waals surface area contributed by atoms with Gasteiger partial charge in [-0.1, -0.05) is 23.7 Å². The number of rotatable bonds is 3. The SMILES string of the molecule is O=C(Cc1cccc(Cl)c1F)c1ccc(C(F)(F)F)cn1. The molecule has 0 radical (unpaired) electrons. The molecule has 1 heterocycles. The molecule has 0 saturated heterocycles. The van der Waals surface area contributed by atoms with E-state index in [1.165, 1.54) is 18.2 Å². The van der Waals surface area contributed by atoms with Crippen LogP contribution in [0.15, 0.2) is 36.5 Å². The summed E-state index contributed by atoms with van der Waals surface area (Å²) in [6.45, 7) is 0. The first-order chi connectivity index (χ1) is 9.79. The van der Waals surface area contributed by atoms with Crippen LogP contribution in [0.5, 0.6) is 0 Å². The Kier molecular flexibility index (Phi) is 4.27. The monoisotopic (exact) mass is 317 g/mol. The first-order valence-corrected chi connectivity index (χ1v) is 6.16. The van der Waals surface area contributed by atoms with Gasteiger partial charge >= 0.3 is 6.18 Å². The third-order valence-electron chi connectivity index (χ3n) is 2.76. The minimum atomic E-state index is -4.52. The fourth-order valence-electron chi connectivity index (χ4n) is 1.68. The minimum absolute atomic E-state index is 0.0641. The fourth-order valence-corrected chi connectivity index (χ4v) is 1.87. The van der Waals surface area contributed by atoms with Crippen LogP contribution in [0, 0.1) is 5.82 Å². The van der Waals surface area contributed by atoms with Gasteiger partial charge in [-0.05, 0) is 23.8 Å². The van der Waals surface area contributed by atoms with Gasteiger partial charge in [-0.25, -0.2) is 4.39 Å². The van der Waals surface area contributed by atoms with Gasteiger partial charge in [0.05, 0.1) is 10.6 Å². The van der Waals surface area contributed by atoms with Gasteiger partial charge in [-0.15, -0.1) is 0 Å². The van der Waals surface area contributed by atoms with Gasteiger partial charge < -0.3 is 0 Å². The quantitative estimate of drug-likeness (QED) is 0.623. The van der Waals surface area contributed by atoms with Crippen LogP contribution in [0.25, 0.3) is 0 Å². The first-order valence-electron chi connectivity index (χ1n) is 5.78. The second kappa shape index (κ2) is 5.81. The van der Waals surface area contributed by atoms with E-state index in [4.69, 9.17) is 11.6 Å². The molecule has 0 bridgehead atoms. The zero-order chi connectivity index (χ0) is 15.6. The first kappa shape index (κ1) is 15.4. The van der Waals surface area contributed by atoms with Crippen LogP contribution in [-0.4, -0.2) is 10.8 Å². The van der Waals surface area contributed by atoms with Crippen molar-refractivity contribution in [3.63, 3.8) is 0 Å². The number of halogens is 5. The summed E-state index contributed by atoms with van der Waals surface area (Å²) in [5, 5.41) is -0.124. The Morgan fingerprint density at radius 3 is 2.48 bits per heavy atom. The van der Waals surface area contributed by atoms with Gasteiger partial charge in [0.1, 0.15) is 11.5 Å². The number of alkyl halides is 3. The molecule has 0 fully saturated rings. The Balaban J connectivity index is 2.19. The highest BCUT2D eigenvalue weighted by Gasteiger charge is 2.30. The Hall–Kier alpha value is -1.95. The standard InChI is InChI=1S/C14H8ClF4NO/c15-10-3-1-2-8(13(10)16)6-12(21)11-5-4-9(7-20-11)14(17,18)19/h1-5,7H,6H2. The Morgan fingerprint density at radius 1 is 1.19 bits per heavy atom. The number of Topliss-reactive ketones (excluding diaryl/α,β-unsaturated/α-hetero) is 1. The molecule has 0 aliphatic heterocycles. The summed E-state index contributed by atoms with van der Waals surface area (Å²) < 4.78 is 50.8. The molecule has 0 N–H and O–H groups in total. The summed E-state index contributed by atoms with van der Waals surface area (Å²) in [6, 6.07) is 5.92. The van der Waals surface area contributed by atoms with Crippen LogP contribution >= 0.6 is 11.6 Å². The Labute approximate surface area is 122 Å². The molecule has 110 valence electrons. The minimum Gasteiger partial charge on any atom is -0.292 e. The lowest BCUT2D eigenvalue weighted by Gasteiger charge is -2.07. The van der Waals surface area contributed by atoms with E-state index in [-0.39, 0.29) is 22.7 Å². The number of aromatic nitrogens is 1. The van der Waals surface area contributed by atoms with Crippen LogP contribution in [0.4, 0.5) is 17.6 Å². The Morgan fingerprint density at radius 2 is 1.90 bits per heavy atom. The third kappa shape index (κ3) is 3.58. The molecule has 0 saturated carbocycles. The summed E-state index contributed by atoms with van der Waals surface area (Å²) >= 11 is 5.59. The van der Waals surface area contributed by atoms with Gasteiger partial charge in [-0.2, -0.15) is 13.2 Å². The van der Waals surface area contributed by atoms with Crippen molar-refractivity contribution >= 4 is 17.4 Å². The number of carbonyl (C=O) groups excluding carboxylic acids is 1. The van der Waals surface area contributed by atoms with Gasteiger partial charge in [0.2, 0.25) is 0 Å². The van der Waals surface area contributed by atoms with Crippen molar-refractivity contribution < 1.29 is 22.4 Å². The van der Waals surface area contributed by atoms with Gasteiger partial charge in [0, 0.05) is 12.6 Å². The van der Waals surface area contributed by atoms with Gasteiger partial charge in [-0.3, -0.25) is 9.78 Å². The van der Waals surface area contributed by atoms with E-state index in [0.29, 0.717) is 6.20 Å². The maximum atomic E-state index is 13.6. The van der Waals surface area contributed by atoms with Crippen molar-refractivity contribution in [1.29, 1.82) is 0 Å². The van der Waals surface area contributed by atoms with Crippen molar-refractivity contribution in [3.8, 4) is 0 Å². The van der Waals surface area contributed by atoms with Crippen LogP contribution in [0.3, 0.4) is 0 Å². The molecular weight excluding hydrogens is 310 g/mol. The summed E-state index contributed by atoms with van der Waals surface area (Å²) in [4.78, 5) is 15.4. The predicted octanol–water partition coefficient (Wildman–Crippen LogP) is 4.32. The maximum Gasteiger partial charge on any atom is 0.417 e. The maximum absolute atomic E-state index is 13.6. The molecule has 1 aromatic heterocycles. The molecule has 0 aliphatic rings.